The second-order valence-corrected chi connectivity index (χ2v) is 5.02. The number of hydrogen-bond acceptors (Lipinski definition) is 3. The van der Waals surface area contributed by atoms with E-state index in [9.17, 15) is 9.59 Å². The van der Waals surface area contributed by atoms with Gasteiger partial charge < -0.3 is 10.4 Å². The van der Waals surface area contributed by atoms with E-state index in [-0.39, 0.29) is 0 Å². The summed E-state index contributed by atoms with van der Waals surface area (Å²) in [5.41, 5.74) is 0.417. The van der Waals surface area contributed by atoms with E-state index in [2.05, 4.69) is 15.5 Å². The molecule has 6 nitrogen and oxygen atoms in total. The van der Waals surface area contributed by atoms with Crippen LogP contribution in [0.15, 0.2) is 6.20 Å². The molecule has 0 bridgehead atoms. The van der Waals surface area contributed by atoms with Crippen LogP contribution in [-0.4, -0.2) is 33.2 Å². The lowest BCUT2D eigenvalue weighted by molar-refractivity contribution is -0.142. The van der Waals surface area contributed by atoms with E-state index >= 15 is 0 Å². The number of carboxylic acids is 1. The summed E-state index contributed by atoms with van der Waals surface area (Å²) in [6.45, 7) is 6.98. The van der Waals surface area contributed by atoms with E-state index in [0.29, 0.717) is 11.3 Å². The van der Waals surface area contributed by atoms with Gasteiger partial charge in [-0.3, -0.25) is 9.89 Å². The predicted molar refractivity (Wildman–Crippen MR) is 61.7 cm³/mol. The monoisotopic (exact) mass is 239 g/mol. The second-order valence-electron chi connectivity index (χ2n) is 5.02. The zero-order valence-corrected chi connectivity index (χ0v) is 10.4. The fourth-order valence-corrected chi connectivity index (χ4v) is 1.44. The number of H-pyrrole nitrogens is 1. The third kappa shape index (κ3) is 3.05. The van der Waals surface area contributed by atoms with Gasteiger partial charge in [-0.1, -0.05) is 20.8 Å². The maximum Gasteiger partial charge on any atom is 0.326 e. The summed E-state index contributed by atoms with van der Waals surface area (Å²) in [6.07, 6.45) is 1.38. The van der Waals surface area contributed by atoms with Crippen LogP contribution in [-0.2, 0) is 4.79 Å². The van der Waals surface area contributed by atoms with Crippen molar-refractivity contribution < 1.29 is 14.7 Å². The average molecular weight is 239 g/mol. The molecule has 0 fully saturated rings. The van der Waals surface area contributed by atoms with Gasteiger partial charge in [0.15, 0.2) is 0 Å². The van der Waals surface area contributed by atoms with Gasteiger partial charge in [0.2, 0.25) is 0 Å². The highest BCUT2D eigenvalue weighted by Crippen LogP contribution is 2.20. The van der Waals surface area contributed by atoms with Gasteiger partial charge in [0.05, 0.1) is 11.8 Å². The van der Waals surface area contributed by atoms with Gasteiger partial charge in [-0.2, -0.15) is 5.10 Å². The van der Waals surface area contributed by atoms with E-state index in [1.54, 1.807) is 27.7 Å². The second kappa shape index (κ2) is 4.57. The number of aryl methyl sites for hydroxylation is 1. The minimum Gasteiger partial charge on any atom is -0.480 e. The molecule has 1 aromatic rings. The normalized spacial score (nSPS) is 13.2. The molecule has 0 aromatic carbocycles. The Labute approximate surface area is 99.4 Å². The number of rotatable bonds is 3. The first kappa shape index (κ1) is 13.2. The van der Waals surface area contributed by atoms with Gasteiger partial charge in [0, 0.05) is 5.69 Å². The molecule has 1 unspecified atom stereocenters. The van der Waals surface area contributed by atoms with E-state index in [4.69, 9.17) is 5.11 Å². The van der Waals surface area contributed by atoms with Crippen molar-refractivity contribution in [1.29, 1.82) is 0 Å². The minimum atomic E-state index is -1.05. The zero-order chi connectivity index (χ0) is 13.2. The van der Waals surface area contributed by atoms with E-state index in [1.807, 2.05) is 0 Å². The number of hydrogen-bond donors (Lipinski definition) is 3. The molecule has 0 saturated heterocycles. The van der Waals surface area contributed by atoms with Crippen LogP contribution in [0.3, 0.4) is 0 Å². The molecule has 1 atom stereocenters. The number of carbonyl (C=O) groups excluding carboxylic acids is 1. The van der Waals surface area contributed by atoms with Crippen molar-refractivity contribution >= 4 is 11.9 Å². The number of amides is 1. The molecular weight excluding hydrogens is 222 g/mol. The van der Waals surface area contributed by atoms with Crippen molar-refractivity contribution in [3.63, 3.8) is 0 Å². The highest BCUT2D eigenvalue weighted by molar-refractivity contribution is 5.97. The number of aromatic amines is 1. The van der Waals surface area contributed by atoms with Gasteiger partial charge in [-0.25, -0.2) is 4.79 Å². The number of aliphatic carboxylic acids is 1. The Bertz CT molecular complexity index is 431. The summed E-state index contributed by atoms with van der Waals surface area (Å²) in [7, 11) is 0. The predicted octanol–water partition coefficient (Wildman–Crippen LogP) is 0.947. The lowest BCUT2D eigenvalue weighted by Gasteiger charge is -2.27. The molecule has 6 heteroatoms. The molecule has 0 aliphatic carbocycles. The topological polar surface area (TPSA) is 95.1 Å². The van der Waals surface area contributed by atoms with Crippen molar-refractivity contribution in [3.05, 3.63) is 17.5 Å². The van der Waals surface area contributed by atoms with Crippen LogP contribution in [0.5, 0.6) is 0 Å². The van der Waals surface area contributed by atoms with Crippen LogP contribution in [0.4, 0.5) is 0 Å². The van der Waals surface area contributed by atoms with Gasteiger partial charge in [0.1, 0.15) is 6.04 Å². The quantitative estimate of drug-likeness (QED) is 0.731. The SMILES string of the molecule is Cc1[nH]ncc1C(=O)NC(C(=O)O)C(C)(C)C. The van der Waals surface area contributed by atoms with Gasteiger partial charge in [-0.15, -0.1) is 0 Å². The lowest BCUT2D eigenvalue weighted by Crippen LogP contribution is -2.49. The molecule has 0 spiro atoms. The number of carboxylic acid groups (broad SMARTS) is 1. The first-order valence-electron chi connectivity index (χ1n) is 5.27. The average Bonchev–Trinajstić information content (AvgIpc) is 2.58. The molecule has 94 valence electrons. The molecule has 0 radical (unpaired) electrons. The van der Waals surface area contributed by atoms with Crippen molar-refractivity contribution in [1.82, 2.24) is 15.5 Å². The number of aromatic nitrogens is 2. The summed E-state index contributed by atoms with van der Waals surface area (Å²) in [4.78, 5) is 23.0. The van der Waals surface area contributed by atoms with Crippen LogP contribution < -0.4 is 5.32 Å². The molecule has 0 aliphatic rings. The molecule has 1 aromatic heterocycles. The number of nitrogens with one attached hydrogen (secondary N) is 2. The lowest BCUT2D eigenvalue weighted by atomic mass is 9.86. The fourth-order valence-electron chi connectivity index (χ4n) is 1.44. The Morgan fingerprint density at radius 3 is 2.41 bits per heavy atom. The van der Waals surface area contributed by atoms with Gasteiger partial charge in [-0.05, 0) is 12.3 Å². The summed E-state index contributed by atoms with van der Waals surface area (Å²) in [5, 5.41) is 17.9. The smallest absolute Gasteiger partial charge is 0.326 e. The van der Waals surface area contributed by atoms with Crippen molar-refractivity contribution in [2.24, 2.45) is 5.41 Å². The summed E-state index contributed by atoms with van der Waals surface area (Å²) in [6, 6.07) is -0.940. The molecule has 0 saturated carbocycles. The standard InChI is InChI=1S/C11H17N3O3/c1-6-7(5-12-14-6)9(15)13-8(10(16)17)11(2,3)4/h5,8H,1-4H3,(H,12,14)(H,13,15)(H,16,17). The van der Waals surface area contributed by atoms with Gasteiger partial charge in [0.25, 0.3) is 5.91 Å². The molecule has 0 aliphatic heterocycles. The molecule has 1 rings (SSSR count). The number of nitrogens with zero attached hydrogens (tertiary/aromatic N) is 1. The maximum atomic E-state index is 11.9. The Morgan fingerprint density at radius 1 is 1.47 bits per heavy atom. The molecule has 3 N–H and O–H groups in total. The van der Waals surface area contributed by atoms with Crippen LogP contribution in [0.1, 0.15) is 36.8 Å². The van der Waals surface area contributed by atoms with Crippen molar-refractivity contribution in [2.45, 2.75) is 33.7 Å². The summed E-state index contributed by atoms with van der Waals surface area (Å²) >= 11 is 0. The number of carbonyl (C=O) groups is 2. The summed E-state index contributed by atoms with van der Waals surface area (Å²) < 4.78 is 0. The van der Waals surface area contributed by atoms with Crippen LogP contribution in [0.25, 0.3) is 0 Å². The minimum absolute atomic E-state index is 0.362. The van der Waals surface area contributed by atoms with Gasteiger partial charge >= 0.3 is 5.97 Å². The molecule has 1 amide bonds. The largest absolute Gasteiger partial charge is 0.480 e. The van der Waals surface area contributed by atoms with E-state index in [0.717, 1.165) is 0 Å². The fraction of sp³-hybridized carbons (Fsp3) is 0.545. The molecule has 1 heterocycles. The summed E-state index contributed by atoms with van der Waals surface area (Å²) in [5.74, 6) is -1.48. The van der Waals surface area contributed by atoms with Crippen molar-refractivity contribution in [2.75, 3.05) is 0 Å². The van der Waals surface area contributed by atoms with Crippen LogP contribution >= 0.6 is 0 Å². The third-order valence-electron chi connectivity index (χ3n) is 2.46. The van der Waals surface area contributed by atoms with E-state index in [1.165, 1.54) is 6.20 Å². The zero-order valence-electron chi connectivity index (χ0n) is 10.4. The Hall–Kier alpha value is -1.85. The van der Waals surface area contributed by atoms with Crippen LogP contribution in [0.2, 0.25) is 0 Å². The Kier molecular flexibility index (Phi) is 3.55. The Morgan fingerprint density at radius 2 is 2.06 bits per heavy atom. The van der Waals surface area contributed by atoms with Crippen LogP contribution in [0, 0.1) is 12.3 Å². The first-order valence-corrected chi connectivity index (χ1v) is 5.27. The van der Waals surface area contributed by atoms with E-state index < -0.39 is 23.3 Å². The highest BCUT2D eigenvalue weighted by atomic mass is 16.4. The highest BCUT2D eigenvalue weighted by Gasteiger charge is 2.33. The molecule has 17 heavy (non-hydrogen) atoms. The first-order chi connectivity index (χ1) is 7.73. The maximum absolute atomic E-state index is 11.9. The van der Waals surface area contributed by atoms with Crippen molar-refractivity contribution in [3.8, 4) is 0 Å². The third-order valence-corrected chi connectivity index (χ3v) is 2.46. The Balaban J connectivity index is 2.86. The molecular formula is C11H17N3O3.